The van der Waals surface area contributed by atoms with Gasteiger partial charge in [-0.1, -0.05) is 11.6 Å². The molecule has 108 valence electrons. The average molecular weight is 320 g/mol. The first-order chi connectivity index (χ1) is 9.19. The van der Waals surface area contributed by atoms with Gasteiger partial charge in [0.25, 0.3) is 0 Å². The molecule has 0 bridgehead atoms. The van der Waals surface area contributed by atoms with Crippen LogP contribution in [-0.4, -0.2) is 25.5 Å². The van der Waals surface area contributed by atoms with Crippen molar-refractivity contribution >= 4 is 27.6 Å². The topological polar surface area (TPSA) is 83.5 Å². The normalized spacial score (nSPS) is 12.7. The lowest BCUT2D eigenvalue weighted by molar-refractivity contribution is 0.0691. The van der Waals surface area contributed by atoms with Crippen molar-refractivity contribution in [3.8, 4) is 12.3 Å². The third-order valence-electron chi connectivity index (χ3n) is 2.30. The number of carboxylic acids is 1. The predicted molar refractivity (Wildman–Crippen MR) is 71.6 cm³/mol. The number of aromatic carboxylic acids is 1. The van der Waals surface area contributed by atoms with Crippen LogP contribution in [0, 0.1) is 18.2 Å². The SMILES string of the molecule is C#CCC(C)NS(=O)(=O)c1cc(Cl)cc(C(=O)O)c1F. The molecule has 2 N–H and O–H groups in total. The van der Waals surface area contributed by atoms with Gasteiger partial charge in [-0.3, -0.25) is 0 Å². The quantitative estimate of drug-likeness (QED) is 0.812. The van der Waals surface area contributed by atoms with Crippen molar-refractivity contribution in [3.05, 3.63) is 28.5 Å². The third-order valence-corrected chi connectivity index (χ3v) is 4.11. The maximum absolute atomic E-state index is 13.9. The summed E-state index contributed by atoms with van der Waals surface area (Å²) < 4.78 is 40.1. The van der Waals surface area contributed by atoms with Crippen molar-refractivity contribution in [2.45, 2.75) is 24.3 Å². The van der Waals surface area contributed by atoms with Crippen LogP contribution in [-0.2, 0) is 10.0 Å². The van der Waals surface area contributed by atoms with E-state index in [1.54, 1.807) is 0 Å². The van der Waals surface area contributed by atoms with Gasteiger partial charge in [-0.15, -0.1) is 12.3 Å². The fraction of sp³-hybridized carbons (Fsp3) is 0.250. The number of terminal acetylenes is 1. The summed E-state index contributed by atoms with van der Waals surface area (Å²) in [5.41, 5.74) is -0.817. The molecule has 20 heavy (non-hydrogen) atoms. The first kappa shape index (κ1) is 16.4. The summed E-state index contributed by atoms with van der Waals surface area (Å²) in [6.07, 6.45) is 5.15. The second-order valence-corrected chi connectivity index (χ2v) is 6.12. The first-order valence-electron chi connectivity index (χ1n) is 5.37. The lowest BCUT2D eigenvalue weighted by atomic mass is 10.2. The minimum Gasteiger partial charge on any atom is -0.478 e. The number of benzene rings is 1. The van der Waals surface area contributed by atoms with Crippen LogP contribution in [0.4, 0.5) is 4.39 Å². The summed E-state index contributed by atoms with van der Waals surface area (Å²) in [5, 5.41) is 8.61. The van der Waals surface area contributed by atoms with E-state index in [4.69, 9.17) is 23.1 Å². The Bertz CT molecular complexity index is 681. The lowest BCUT2D eigenvalue weighted by Gasteiger charge is -2.13. The van der Waals surface area contributed by atoms with E-state index in [1.807, 2.05) is 0 Å². The molecule has 1 aromatic carbocycles. The zero-order chi connectivity index (χ0) is 15.5. The van der Waals surface area contributed by atoms with E-state index in [9.17, 15) is 17.6 Å². The summed E-state index contributed by atoms with van der Waals surface area (Å²) >= 11 is 5.62. The second kappa shape index (κ2) is 6.22. The Morgan fingerprint density at radius 3 is 2.70 bits per heavy atom. The molecule has 0 aliphatic carbocycles. The van der Waals surface area contributed by atoms with Crippen molar-refractivity contribution in [1.82, 2.24) is 4.72 Å². The number of hydrogen-bond acceptors (Lipinski definition) is 3. The molecule has 0 spiro atoms. The summed E-state index contributed by atoms with van der Waals surface area (Å²) in [5.74, 6) is -0.729. The highest BCUT2D eigenvalue weighted by Crippen LogP contribution is 2.24. The molecule has 8 heteroatoms. The van der Waals surface area contributed by atoms with Crippen molar-refractivity contribution in [2.75, 3.05) is 0 Å². The molecule has 1 atom stereocenters. The van der Waals surface area contributed by atoms with Gasteiger partial charge >= 0.3 is 5.97 Å². The molecule has 0 aliphatic heterocycles. The monoisotopic (exact) mass is 319 g/mol. The smallest absolute Gasteiger partial charge is 0.338 e. The largest absolute Gasteiger partial charge is 0.478 e. The molecule has 0 aromatic heterocycles. The zero-order valence-electron chi connectivity index (χ0n) is 10.4. The van der Waals surface area contributed by atoms with Crippen LogP contribution in [0.5, 0.6) is 0 Å². The molecular weight excluding hydrogens is 309 g/mol. The van der Waals surface area contributed by atoms with Gasteiger partial charge in [0.2, 0.25) is 10.0 Å². The number of carbonyl (C=O) groups is 1. The summed E-state index contributed by atoms with van der Waals surface area (Å²) in [6, 6.07) is 1.05. The number of halogens is 2. The van der Waals surface area contributed by atoms with Crippen LogP contribution < -0.4 is 4.72 Å². The van der Waals surface area contributed by atoms with Crippen LogP contribution in [0.15, 0.2) is 17.0 Å². The minimum atomic E-state index is -4.26. The first-order valence-corrected chi connectivity index (χ1v) is 7.23. The van der Waals surface area contributed by atoms with E-state index in [1.165, 1.54) is 6.92 Å². The van der Waals surface area contributed by atoms with Gasteiger partial charge in [0, 0.05) is 17.5 Å². The molecule has 0 saturated heterocycles. The van der Waals surface area contributed by atoms with Crippen LogP contribution in [0.25, 0.3) is 0 Å². The Hall–Kier alpha value is -1.62. The van der Waals surface area contributed by atoms with Gasteiger partial charge in [-0.25, -0.2) is 22.3 Å². The molecule has 0 fully saturated rings. The Balaban J connectivity index is 3.33. The standard InChI is InChI=1S/C12H11ClFNO4S/c1-3-4-7(2)15-20(18,19)10-6-8(13)5-9(11(10)14)12(16)17/h1,5-7,15H,4H2,2H3,(H,16,17). The average Bonchev–Trinajstić information content (AvgIpc) is 2.30. The molecule has 1 rings (SSSR count). The van der Waals surface area contributed by atoms with Crippen LogP contribution >= 0.6 is 11.6 Å². The van der Waals surface area contributed by atoms with Gasteiger partial charge < -0.3 is 5.11 Å². The maximum atomic E-state index is 13.9. The molecule has 0 aliphatic rings. The predicted octanol–water partition coefficient (Wildman–Crippen LogP) is 1.87. The van der Waals surface area contributed by atoms with Crippen LogP contribution in [0.1, 0.15) is 23.7 Å². The molecule has 0 radical (unpaired) electrons. The summed E-state index contributed by atoms with van der Waals surface area (Å²) in [4.78, 5) is 10.0. The Kier molecular flexibility index (Phi) is 5.11. The molecule has 5 nitrogen and oxygen atoms in total. The van der Waals surface area contributed by atoms with Gasteiger partial charge in [-0.05, 0) is 19.1 Å². The fourth-order valence-corrected chi connectivity index (χ4v) is 3.11. The van der Waals surface area contributed by atoms with E-state index >= 15 is 0 Å². The van der Waals surface area contributed by atoms with Crippen molar-refractivity contribution in [3.63, 3.8) is 0 Å². The van der Waals surface area contributed by atoms with E-state index in [0.29, 0.717) is 0 Å². The molecule has 0 saturated carbocycles. The number of carboxylic acid groups (broad SMARTS) is 1. The van der Waals surface area contributed by atoms with Gasteiger partial charge in [0.1, 0.15) is 4.90 Å². The number of rotatable bonds is 5. The minimum absolute atomic E-state index is 0.104. The molecular formula is C12H11ClFNO4S. The Morgan fingerprint density at radius 2 is 2.20 bits per heavy atom. The number of hydrogen-bond donors (Lipinski definition) is 2. The van der Waals surface area contributed by atoms with Gasteiger partial charge in [0.15, 0.2) is 5.82 Å². The van der Waals surface area contributed by atoms with Gasteiger partial charge in [-0.2, -0.15) is 0 Å². The summed E-state index contributed by atoms with van der Waals surface area (Å²) in [7, 11) is -4.26. The van der Waals surface area contributed by atoms with E-state index in [-0.39, 0.29) is 11.4 Å². The van der Waals surface area contributed by atoms with E-state index in [2.05, 4.69) is 10.6 Å². The Labute approximate surface area is 120 Å². The molecule has 0 amide bonds. The van der Waals surface area contributed by atoms with Crippen molar-refractivity contribution < 1.29 is 22.7 Å². The van der Waals surface area contributed by atoms with E-state index < -0.39 is 38.3 Å². The highest BCUT2D eigenvalue weighted by Gasteiger charge is 2.26. The highest BCUT2D eigenvalue weighted by atomic mass is 35.5. The van der Waals surface area contributed by atoms with Crippen LogP contribution in [0.3, 0.4) is 0 Å². The van der Waals surface area contributed by atoms with Crippen molar-refractivity contribution in [1.29, 1.82) is 0 Å². The third kappa shape index (κ3) is 3.70. The molecule has 1 unspecified atom stereocenters. The Morgan fingerprint density at radius 1 is 1.60 bits per heavy atom. The molecule has 1 aromatic rings. The second-order valence-electron chi connectivity index (χ2n) is 4.00. The van der Waals surface area contributed by atoms with Gasteiger partial charge in [0.05, 0.1) is 5.56 Å². The fourth-order valence-electron chi connectivity index (χ4n) is 1.46. The maximum Gasteiger partial charge on any atom is 0.338 e. The summed E-state index contributed by atoms with van der Waals surface area (Å²) in [6.45, 7) is 1.50. The number of sulfonamides is 1. The lowest BCUT2D eigenvalue weighted by Crippen LogP contribution is -2.33. The molecule has 0 heterocycles. The van der Waals surface area contributed by atoms with Crippen LogP contribution in [0.2, 0.25) is 5.02 Å². The highest BCUT2D eigenvalue weighted by molar-refractivity contribution is 7.89. The number of nitrogens with one attached hydrogen (secondary N) is 1. The zero-order valence-corrected chi connectivity index (χ0v) is 11.9. The van der Waals surface area contributed by atoms with E-state index in [0.717, 1.165) is 12.1 Å². The van der Waals surface area contributed by atoms with Crippen molar-refractivity contribution in [2.24, 2.45) is 0 Å².